The molecule has 2 heterocycles. The Morgan fingerprint density at radius 3 is 2.72 bits per heavy atom. The molecule has 1 unspecified atom stereocenters. The van der Waals surface area contributed by atoms with Crippen LogP contribution in [0.25, 0.3) is 5.69 Å². The van der Waals surface area contributed by atoms with Crippen LogP contribution in [0.1, 0.15) is 31.2 Å². The minimum absolute atomic E-state index is 0.169. The van der Waals surface area contributed by atoms with E-state index in [2.05, 4.69) is 32.7 Å². The zero-order valence-electron chi connectivity index (χ0n) is 17.8. The fraction of sp³-hybridized carbons (Fsp3) is 0.375. The van der Waals surface area contributed by atoms with E-state index in [0.717, 1.165) is 42.6 Å². The van der Waals surface area contributed by atoms with Crippen LogP contribution in [0.15, 0.2) is 60.9 Å². The standard InChI is InChI=1S/C24H27N5O3/c30-21-7-3-1-5-19(21)26-24(31)23-16-28(20-6-2-4-8-22(20)32-23)15-17-9-11-18(12-10-17)29-14-13-25-27-29/h2,4,6,8-14,19,21,23,30H,1,3,5,7,15-16H2,(H,26,31)/t19-,21-,23?/m0/s1. The van der Waals surface area contributed by atoms with Crippen LogP contribution in [0.2, 0.25) is 0 Å². The molecule has 32 heavy (non-hydrogen) atoms. The smallest absolute Gasteiger partial charge is 0.263 e. The normalized spacial score (nSPS) is 22.7. The predicted octanol–water partition coefficient (Wildman–Crippen LogP) is 2.45. The van der Waals surface area contributed by atoms with Gasteiger partial charge in [0.1, 0.15) is 5.75 Å². The van der Waals surface area contributed by atoms with E-state index < -0.39 is 12.2 Å². The van der Waals surface area contributed by atoms with E-state index in [-0.39, 0.29) is 11.9 Å². The van der Waals surface area contributed by atoms with Crippen molar-refractivity contribution < 1.29 is 14.6 Å². The van der Waals surface area contributed by atoms with E-state index in [1.807, 2.05) is 36.4 Å². The number of hydrogen-bond acceptors (Lipinski definition) is 6. The number of aliphatic hydroxyl groups is 1. The minimum atomic E-state index is -0.631. The highest BCUT2D eigenvalue weighted by Crippen LogP contribution is 2.34. The summed E-state index contributed by atoms with van der Waals surface area (Å²) in [5, 5.41) is 21.1. The molecule has 1 saturated carbocycles. The Morgan fingerprint density at radius 1 is 1.12 bits per heavy atom. The lowest BCUT2D eigenvalue weighted by atomic mass is 9.92. The SMILES string of the molecule is O=C(N[C@H]1CCCC[C@@H]1O)C1CN(Cc2ccc(-n3ccnn3)cc2)c2ccccc2O1. The number of aromatic nitrogens is 3. The molecule has 3 aromatic rings. The fourth-order valence-corrected chi connectivity index (χ4v) is 4.47. The molecule has 0 spiro atoms. The number of carbonyl (C=O) groups is 1. The van der Waals surface area contributed by atoms with Gasteiger partial charge in [-0.1, -0.05) is 42.3 Å². The zero-order valence-corrected chi connectivity index (χ0v) is 17.8. The number of nitrogens with one attached hydrogen (secondary N) is 1. The van der Waals surface area contributed by atoms with Crippen LogP contribution >= 0.6 is 0 Å². The van der Waals surface area contributed by atoms with Crippen molar-refractivity contribution in [3.63, 3.8) is 0 Å². The Hall–Kier alpha value is -3.39. The highest BCUT2D eigenvalue weighted by atomic mass is 16.5. The van der Waals surface area contributed by atoms with Gasteiger partial charge in [-0.05, 0) is 42.7 Å². The molecule has 0 saturated heterocycles. The number of anilines is 1. The molecule has 8 nitrogen and oxygen atoms in total. The first kappa shape index (κ1) is 20.5. The summed E-state index contributed by atoms with van der Waals surface area (Å²) in [4.78, 5) is 15.2. The summed E-state index contributed by atoms with van der Waals surface area (Å²) >= 11 is 0. The summed E-state index contributed by atoms with van der Waals surface area (Å²) in [6.07, 6.45) is 5.90. The van der Waals surface area contributed by atoms with Crippen LogP contribution in [-0.2, 0) is 11.3 Å². The van der Waals surface area contributed by atoms with Gasteiger partial charge in [-0.15, -0.1) is 5.10 Å². The summed E-state index contributed by atoms with van der Waals surface area (Å²) in [6.45, 7) is 1.09. The zero-order chi connectivity index (χ0) is 21.9. The summed E-state index contributed by atoms with van der Waals surface area (Å²) in [5.41, 5.74) is 3.03. The number of amides is 1. The molecule has 8 heteroatoms. The van der Waals surface area contributed by atoms with Gasteiger partial charge >= 0.3 is 0 Å². The maximum absolute atomic E-state index is 13.0. The van der Waals surface area contributed by atoms with Gasteiger partial charge in [-0.3, -0.25) is 4.79 Å². The number of benzene rings is 2. The van der Waals surface area contributed by atoms with Gasteiger partial charge in [0, 0.05) is 6.54 Å². The van der Waals surface area contributed by atoms with Crippen molar-refractivity contribution in [3.8, 4) is 11.4 Å². The number of carbonyl (C=O) groups excluding carboxylic acids is 1. The summed E-state index contributed by atoms with van der Waals surface area (Å²) in [5.74, 6) is 0.527. The van der Waals surface area contributed by atoms with E-state index >= 15 is 0 Å². The molecule has 2 aromatic carbocycles. The molecule has 1 aromatic heterocycles. The van der Waals surface area contributed by atoms with Gasteiger partial charge < -0.3 is 20.1 Å². The molecule has 1 fully saturated rings. The summed E-state index contributed by atoms with van der Waals surface area (Å²) in [6, 6.07) is 15.7. The minimum Gasteiger partial charge on any atom is -0.477 e. The molecule has 3 atom stereocenters. The third kappa shape index (κ3) is 4.31. The number of para-hydroxylation sites is 2. The molecule has 1 aliphatic carbocycles. The number of fused-ring (bicyclic) bond motifs is 1. The first-order chi connectivity index (χ1) is 15.7. The fourth-order valence-electron chi connectivity index (χ4n) is 4.47. The first-order valence-corrected chi connectivity index (χ1v) is 11.1. The molecule has 2 aliphatic rings. The molecule has 166 valence electrons. The van der Waals surface area contributed by atoms with Crippen LogP contribution in [0.4, 0.5) is 5.69 Å². The molecule has 1 amide bonds. The predicted molar refractivity (Wildman–Crippen MR) is 120 cm³/mol. The van der Waals surface area contributed by atoms with Crippen molar-refractivity contribution in [2.75, 3.05) is 11.4 Å². The monoisotopic (exact) mass is 433 g/mol. The number of aliphatic hydroxyl groups excluding tert-OH is 1. The van der Waals surface area contributed by atoms with Gasteiger partial charge in [0.15, 0.2) is 6.10 Å². The molecule has 1 aliphatic heterocycles. The average Bonchev–Trinajstić information content (AvgIpc) is 3.36. The van der Waals surface area contributed by atoms with E-state index in [9.17, 15) is 9.90 Å². The van der Waals surface area contributed by atoms with Gasteiger partial charge in [0.05, 0.1) is 42.5 Å². The van der Waals surface area contributed by atoms with Crippen molar-refractivity contribution in [2.45, 2.75) is 50.5 Å². The van der Waals surface area contributed by atoms with E-state index in [4.69, 9.17) is 4.74 Å². The second-order valence-corrected chi connectivity index (χ2v) is 8.44. The van der Waals surface area contributed by atoms with Crippen LogP contribution in [0.3, 0.4) is 0 Å². The Labute approximate surface area is 186 Å². The van der Waals surface area contributed by atoms with Crippen LogP contribution in [-0.4, -0.2) is 50.8 Å². The lowest BCUT2D eigenvalue weighted by Crippen LogP contribution is -2.54. The summed E-state index contributed by atoms with van der Waals surface area (Å²) < 4.78 is 7.77. The van der Waals surface area contributed by atoms with Crippen molar-refractivity contribution in [2.24, 2.45) is 0 Å². The summed E-state index contributed by atoms with van der Waals surface area (Å²) in [7, 11) is 0. The van der Waals surface area contributed by atoms with Crippen LogP contribution in [0, 0.1) is 0 Å². The molecule has 5 rings (SSSR count). The Bertz CT molecular complexity index is 1050. The van der Waals surface area contributed by atoms with Gasteiger partial charge in [0.2, 0.25) is 0 Å². The maximum atomic E-state index is 13.0. The molecule has 0 radical (unpaired) electrons. The molecule has 2 N–H and O–H groups in total. The Morgan fingerprint density at radius 2 is 1.94 bits per heavy atom. The van der Waals surface area contributed by atoms with Crippen LogP contribution in [0.5, 0.6) is 5.75 Å². The number of ether oxygens (including phenoxy) is 1. The maximum Gasteiger partial charge on any atom is 0.263 e. The first-order valence-electron chi connectivity index (χ1n) is 11.1. The van der Waals surface area contributed by atoms with Gasteiger partial charge in [-0.2, -0.15) is 0 Å². The van der Waals surface area contributed by atoms with Crippen molar-refractivity contribution in [1.29, 1.82) is 0 Å². The Balaban J connectivity index is 1.31. The van der Waals surface area contributed by atoms with Gasteiger partial charge in [-0.25, -0.2) is 4.68 Å². The van der Waals surface area contributed by atoms with Gasteiger partial charge in [0.25, 0.3) is 5.91 Å². The highest BCUT2D eigenvalue weighted by molar-refractivity contribution is 5.83. The van der Waals surface area contributed by atoms with Crippen molar-refractivity contribution in [1.82, 2.24) is 20.3 Å². The third-order valence-corrected chi connectivity index (χ3v) is 6.21. The third-order valence-electron chi connectivity index (χ3n) is 6.21. The van der Waals surface area contributed by atoms with E-state index in [0.29, 0.717) is 18.8 Å². The van der Waals surface area contributed by atoms with Crippen molar-refractivity contribution in [3.05, 3.63) is 66.5 Å². The molecular weight excluding hydrogens is 406 g/mol. The number of hydrogen-bond donors (Lipinski definition) is 2. The van der Waals surface area contributed by atoms with Crippen molar-refractivity contribution >= 4 is 11.6 Å². The topological polar surface area (TPSA) is 92.5 Å². The quantitative estimate of drug-likeness (QED) is 0.642. The number of rotatable bonds is 5. The second-order valence-electron chi connectivity index (χ2n) is 8.44. The largest absolute Gasteiger partial charge is 0.477 e. The Kier molecular flexibility index (Phi) is 5.77. The molecule has 0 bridgehead atoms. The van der Waals surface area contributed by atoms with E-state index in [1.54, 1.807) is 17.1 Å². The molecular formula is C24H27N5O3. The van der Waals surface area contributed by atoms with Crippen LogP contribution < -0.4 is 15.0 Å². The lowest BCUT2D eigenvalue weighted by Gasteiger charge is -2.37. The van der Waals surface area contributed by atoms with E-state index in [1.165, 1.54) is 0 Å². The number of nitrogens with zero attached hydrogens (tertiary/aromatic N) is 4. The lowest BCUT2D eigenvalue weighted by molar-refractivity contribution is -0.129. The highest BCUT2D eigenvalue weighted by Gasteiger charge is 2.33. The average molecular weight is 434 g/mol. The second kappa shape index (κ2) is 9.00.